The Hall–Kier alpha value is -0.620. The van der Waals surface area contributed by atoms with Crippen molar-refractivity contribution in [1.29, 1.82) is 0 Å². The van der Waals surface area contributed by atoms with Crippen LogP contribution in [0.25, 0.3) is 0 Å². The van der Waals surface area contributed by atoms with Crippen molar-refractivity contribution >= 4 is 27.8 Å². The lowest BCUT2D eigenvalue weighted by atomic mass is 10.3. The van der Waals surface area contributed by atoms with Gasteiger partial charge in [0.25, 0.3) is 0 Å². The Bertz CT molecular complexity index is 269. The monoisotopic (exact) mass is 292 g/mol. The Kier molecular flexibility index (Phi) is 5.21. The molecule has 0 aliphatic heterocycles. The Morgan fingerprint density at radius 3 is 2.62 bits per heavy atom. The maximum atomic E-state index is 11.5. The molecule has 0 saturated heterocycles. The Labute approximate surface area is 103 Å². The molecule has 0 heterocycles. The van der Waals surface area contributed by atoms with Crippen LogP contribution in [0.3, 0.4) is 0 Å². The zero-order valence-corrected chi connectivity index (χ0v) is 11.0. The number of esters is 1. The fourth-order valence-electron chi connectivity index (χ4n) is 1.14. The smallest absolute Gasteiger partial charge is 0.320 e. The Morgan fingerprint density at radius 1 is 1.50 bits per heavy atom. The van der Waals surface area contributed by atoms with Gasteiger partial charge < -0.3 is 15.4 Å². The first kappa shape index (κ1) is 13.4. The minimum Gasteiger partial charge on any atom is -0.468 e. The zero-order valence-electron chi connectivity index (χ0n) is 9.46. The van der Waals surface area contributed by atoms with Gasteiger partial charge in [-0.2, -0.15) is 0 Å². The summed E-state index contributed by atoms with van der Waals surface area (Å²) in [5.41, 5.74) is 0. The number of hydrogen-bond donors (Lipinski definition) is 2. The molecule has 2 N–H and O–H groups in total. The molecule has 1 aliphatic carbocycles. The molecule has 1 amide bonds. The number of alkyl halides is 1. The van der Waals surface area contributed by atoms with Gasteiger partial charge in [-0.1, -0.05) is 15.9 Å². The van der Waals surface area contributed by atoms with Gasteiger partial charge >= 0.3 is 5.97 Å². The van der Waals surface area contributed by atoms with Gasteiger partial charge in [0.05, 0.1) is 13.2 Å². The summed E-state index contributed by atoms with van der Waals surface area (Å²) < 4.78 is 4.55. The lowest BCUT2D eigenvalue weighted by Gasteiger charge is -2.15. The molecular weight excluding hydrogens is 276 g/mol. The fourth-order valence-corrected chi connectivity index (χ4v) is 1.51. The van der Waals surface area contributed by atoms with Crippen LogP contribution in [-0.4, -0.2) is 42.4 Å². The number of hydrogen-bond acceptors (Lipinski definition) is 4. The fraction of sp³-hybridized carbons (Fsp3) is 0.800. The average molecular weight is 293 g/mol. The number of carbonyl (C=O) groups excluding carboxylic acids is 2. The summed E-state index contributed by atoms with van der Waals surface area (Å²) in [4.78, 5) is 22.2. The number of nitrogens with one attached hydrogen (secondary N) is 2. The zero-order chi connectivity index (χ0) is 12.1. The molecule has 16 heavy (non-hydrogen) atoms. The third-order valence-corrected chi connectivity index (χ3v) is 3.07. The molecule has 0 aromatic carbocycles. The predicted octanol–water partition coefficient (Wildman–Crippen LogP) is 0.180. The van der Waals surface area contributed by atoms with Crippen LogP contribution in [0, 0.1) is 0 Å². The molecule has 0 radical (unpaired) electrons. The second-order valence-electron chi connectivity index (χ2n) is 3.90. The van der Waals surface area contributed by atoms with Crippen LogP contribution in [0.4, 0.5) is 0 Å². The van der Waals surface area contributed by atoms with E-state index in [0.717, 1.165) is 12.8 Å². The Balaban J connectivity index is 2.19. The van der Waals surface area contributed by atoms with Crippen LogP contribution in [0.5, 0.6) is 0 Å². The molecule has 6 heteroatoms. The van der Waals surface area contributed by atoms with Crippen molar-refractivity contribution in [1.82, 2.24) is 10.6 Å². The van der Waals surface area contributed by atoms with E-state index in [2.05, 4.69) is 31.3 Å². The molecule has 0 aromatic rings. The van der Waals surface area contributed by atoms with E-state index in [1.165, 1.54) is 7.11 Å². The molecule has 0 aromatic heterocycles. The van der Waals surface area contributed by atoms with Gasteiger partial charge in [0.1, 0.15) is 4.83 Å². The summed E-state index contributed by atoms with van der Waals surface area (Å²) in [6.07, 6.45) is 2.14. The van der Waals surface area contributed by atoms with Crippen molar-refractivity contribution in [3.05, 3.63) is 0 Å². The van der Waals surface area contributed by atoms with E-state index in [0.29, 0.717) is 12.6 Å². The number of ether oxygens (including phenoxy) is 1. The van der Waals surface area contributed by atoms with Crippen molar-refractivity contribution in [2.24, 2.45) is 0 Å². The SMILES string of the molecule is COC(=O)C(Br)CNC(C)C(=O)NC1CC1. The highest BCUT2D eigenvalue weighted by molar-refractivity contribution is 9.10. The first-order chi connectivity index (χ1) is 7.54. The molecule has 0 spiro atoms. The molecule has 0 bridgehead atoms. The van der Waals surface area contributed by atoms with Gasteiger partial charge in [-0.3, -0.25) is 9.59 Å². The highest BCUT2D eigenvalue weighted by atomic mass is 79.9. The summed E-state index contributed by atoms with van der Waals surface area (Å²) in [7, 11) is 1.33. The highest BCUT2D eigenvalue weighted by Crippen LogP contribution is 2.18. The van der Waals surface area contributed by atoms with Crippen LogP contribution < -0.4 is 10.6 Å². The van der Waals surface area contributed by atoms with Crippen LogP contribution in [-0.2, 0) is 14.3 Å². The number of methoxy groups -OCH3 is 1. The summed E-state index contributed by atoms with van der Waals surface area (Å²) in [6.45, 7) is 2.14. The minimum atomic E-state index is -0.423. The summed E-state index contributed by atoms with van der Waals surface area (Å²) in [5, 5.41) is 5.86. The molecule has 1 aliphatic rings. The van der Waals surface area contributed by atoms with Gasteiger partial charge in [-0.05, 0) is 19.8 Å². The van der Waals surface area contributed by atoms with E-state index in [1.807, 2.05) is 0 Å². The van der Waals surface area contributed by atoms with Crippen LogP contribution in [0.15, 0.2) is 0 Å². The number of halogens is 1. The predicted molar refractivity (Wildman–Crippen MR) is 63.4 cm³/mol. The average Bonchev–Trinajstić information content (AvgIpc) is 3.07. The summed E-state index contributed by atoms with van der Waals surface area (Å²) in [6, 6.07) is 0.0578. The van der Waals surface area contributed by atoms with Crippen LogP contribution in [0.1, 0.15) is 19.8 Å². The van der Waals surface area contributed by atoms with Crippen molar-refractivity contribution < 1.29 is 14.3 Å². The first-order valence-electron chi connectivity index (χ1n) is 5.30. The molecule has 5 nitrogen and oxygen atoms in total. The third-order valence-electron chi connectivity index (χ3n) is 2.38. The maximum Gasteiger partial charge on any atom is 0.320 e. The summed E-state index contributed by atoms with van der Waals surface area (Å²) in [5.74, 6) is -0.366. The normalized spacial score (nSPS) is 18.7. The second kappa shape index (κ2) is 6.20. The lowest BCUT2D eigenvalue weighted by molar-refractivity contribution is -0.139. The van der Waals surface area contributed by atoms with E-state index >= 15 is 0 Å². The van der Waals surface area contributed by atoms with Gasteiger partial charge in [0, 0.05) is 12.6 Å². The minimum absolute atomic E-state index is 0.0212. The van der Waals surface area contributed by atoms with Crippen molar-refractivity contribution in [2.75, 3.05) is 13.7 Å². The van der Waals surface area contributed by atoms with Crippen molar-refractivity contribution in [3.8, 4) is 0 Å². The number of rotatable bonds is 6. The topological polar surface area (TPSA) is 67.4 Å². The highest BCUT2D eigenvalue weighted by Gasteiger charge is 2.26. The van der Waals surface area contributed by atoms with Crippen molar-refractivity contribution in [2.45, 2.75) is 36.7 Å². The standard InChI is InChI=1S/C10H17BrN2O3/c1-6(9(14)13-7-3-4-7)12-5-8(11)10(15)16-2/h6-8,12H,3-5H2,1-2H3,(H,13,14). The maximum absolute atomic E-state index is 11.5. The van der Waals surface area contributed by atoms with Gasteiger partial charge in [0.15, 0.2) is 0 Å². The third kappa shape index (κ3) is 4.49. The van der Waals surface area contributed by atoms with E-state index in [4.69, 9.17) is 0 Å². The van der Waals surface area contributed by atoms with E-state index in [9.17, 15) is 9.59 Å². The molecule has 1 rings (SSSR count). The molecule has 1 saturated carbocycles. The van der Waals surface area contributed by atoms with Gasteiger partial charge in [-0.25, -0.2) is 0 Å². The van der Waals surface area contributed by atoms with E-state index < -0.39 is 4.83 Å². The second-order valence-corrected chi connectivity index (χ2v) is 5.01. The first-order valence-corrected chi connectivity index (χ1v) is 6.21. The van der Waals surface area contributed by atoms with E-state index in [1.54, 1.807) is 6.92 Å². The van der Waals surface area contributed by atoms with Crippen molar-refractivity contribution in [3.63, 3.8) is 0 Å². The van der Waals surface area contributed by atoms with Gasteiger partial charge in [0.2, 0.25) is 5.91 Å². The summed E-state index contributed by atoms with van der Waals surface area (Å²) >= 11 is 3.18. The molecule has 2 atom stereocenters. The lowest BCUT2D eigenvalue weighted by Crippen LogP contribution is -2.45. The number of amides is 1. The van der Waals surface area contributed by atoms with Crippen LogP contribution >= 0.6 is 15.9 Å². The molecule has 92 valence electrons. The van der Waals surface area contributed by atoms with Crippen LogP contribution in [0.2, 0.25) is 0 Å². The largest absolute Gasteiger partial charge is 0.468 e. The van der Waals surface area contributed by atoms with E-state index in [-0.39, 0.29) is 17.9 Å². The van der Waals surface area contributed by atoms with Gasteiger partial charge in [-0.15, -0.1) is 0 Å². The quantitative estimate of drug-likeness (QED) is 0.541. The Morgan fingerprint density at radius 2 is 2.12 bits per heavy atom. The molecular formula is C10H17BrN2O3. The number of carbonyl (C=O) groups is 2. The molecule has 2 unspecified atom stereocenters. The molecule has 1 fully saturated rings.